The summed E-state index contributed by atoms with van der Waals surface area (Å²) < 4.78 is 43.5. The number of alkyl carbamates (subject to hydrolysis) is 1. The lowest BCUT2D eigenvalue weighted by Crippen LogP contribution is -2.33. The molecule has 130 valence electrons. The maximum absolute atomic E-state index is 12.8. The van der Waals surface area contributed by atoms with Gasteiger partial charge in [0.2, 0.25) is 0 Å². The lowest BCUT2D eigenvalue weighted by molar-refractivity contribution is -0.138. The summed E-state index contributed by atoms with van der Waals surface area (Å²) in [4.78, 5) is 11.4. The molecule has 0 radical (unpaired) electrons. The van der Waals surface area contributed by atoms with Crippen molar-refractivity contribution in [3.8, 4) is 0 Å². The normalized spacial score (nSPS) is 12.0. The van der Waals surface area contributed by atoms with Crippen molar-refractivity contribution in [2.45, 2.75) is 45.9 Å². The van der Waals surface area contributed by atoms with Gasteiger partial charge in [-0.3, -0.25) is 0 Å². The summed E-state index contributed by atoms with van der Waals surface area (Å²) >= 11 is 0. The molecule has 4 nitrogen and oxygen atoms in total. The van der Waals surface area contributed by atoms with Crippen LogP contribution in [-0.4, -0.2) is 24.8 Å². The number of nitrogens with one attached hydrogen (secondary N) is 2. The molecule has 1 aromatic rings. The molecule has 0 aromatic heterocycles. The molecule has 0 unspecified atom stereocenters. The van der Waals surface area contributed by atoms with Crippen LogP contribution < -0.4 is 10.6 Å². The summed E-state index contributed by atoms with van der Waals surface area (Å²) in [7, 11) is 0. The third kappa shape index (κ3) is 7.25. The van der Waals surface area contributed by atoms with Crippen molar-refractivity contribution in [2.75, 3.05) is 18.4 Å². The zero-order valence-electron chi connectivity index (χ0n) is 13.8. The largest absolute Gasteiger partial charge is 0.444 e. The maximum Gasteiger partial charge on any atom is 0.416 e. The standard InChI is InChI=1S/C16H23F3N2O2/c1-11-6-7-12(10-13(11)16(17,18)19)20-8-5-9-21-14(22)23-15(2,3)4/h6-7,10,20H,5,8-9H2,1-4H3,(H,21,22). The van der Waals surface area contributed by atoms with E-state index in [9.17, 15) is 18.0 Å². The maximum atomic E-state index is 12.8. The summed E-state index contributed by atoms with van der Waals surface area (Å²) in [5.74, 6) is 0. The average molecular weight is 332 g/mol. The van der Waals surface area contributed by atoms with Gasteiger partial charge < -0.3 is 15.4 Å². The van der Waals surface area contributed by atoms with Gasteiger partial charge in [0, 0.05) is 18.8 Å². The average Bonchev–Trinajstić information content (AvgIpc) is 2.36. The second kappa shape index (κ2) is 7.57. The van der Waals surface area contributed by atoms with Crippen molar-refractivity contribution in [3.05, 3.63) is 29.3 Å². The van der Waals surface area contributed by atoms with E-state index in [1.807, 2.05) is 0 Å². The minimum absolute atomic E-state index is 0.189. The molecule has 1 aromatic carbocycles. The molecule has 0 aliphatic rings. The van der Waals surface area contributed by atoms with E-state index in [0.717, 1.165) is 6.07 Å². The van der Waals surface area contributed by atoms with Crippen LogP contribution in [0.4, 0.5) is 23.7 Å². The number of carbonyl (C=O) groups excluding carboxylic acids is 1. The molecule has 0 fully saturated rings. The van der Waals surface area contributed by atoms with Gasteiger partial charge in [0.05, 0.1) is 5.56 Å². The van der Waals surface area contributed by atoms with Crippen LogP contribution in [0.25, 0.3) is 0 Å². The Hall–Kier alpha value is -1.92. The number of carbonyl (C=O) groups is 1. The van der Waals surface area contributed by atoms with E-state index in [0.29, 0.717) is 25.2 Å². The van der Waals surface area contributed by atoms with Crippen molar-refractivity contribution >= 4 is 11.8 Å². The van der Waals surface area contributed by atoms with Gasteiger partial charge in [-0.15, -0.1) is 0 Å². The van der Waals surface area contributed by atoms with Crippen LogP contribution in [0.2, 0.25) is 0 Å². The van der Waals surface area contributed by atoms with Gasteiger partial charge in [0.25, 0.3) is 0 Å². The van der Waals surface area contributed by atoms with Gasteiger partial charge in [0.1, 0.15) is 5.60 Å². The van der Waals surface area contributed by atoms with E-state index < -0.39 is 23.4 Å². The number of alkyl halides is 3. The van der Waals surface area contributed by atoms with E-state index in [1.54, 1.807) is 26.8 Å². The molecule has 0 spiro atoms. The van der Waals surface area contributed by atoms with Gasteiger partial charge in [-0.1, -0.05) is 6.07 Å². The number of amides is 1. The molecule has 23 heavy (non-hydrogen) atoms. The van der Waals surface area contributed by atoms with Crippen LogP contribution in [0.15, 0.2) is 18.2 Å². The fraction of sp³-hybridized carbons (Fsp3) is 0.562. The Morgan fingerprint density at radius 3 is 2.39 bits per heavy atom. The number of ether oxygens (including phenoxy) is 1. The topological polar surface area (TPSA) is 50.4 Å². The van der Waals surface area contributed by atoms with E-state index in [4.69, 9.17) is 4.74 Å². The number of aryl methyl sites for hydroxylation is 1. The molecule has 7 heteroatoms. The molecule has 0 heterocycles. The van der Waals surface area contributed by atoms with E-state index >= 15 is 0 Å². The number of hydrogen-bond acceptors (Lipinski definition) is 3. The summed E-state index contributed by atoms with van der Waals surface area (Å²) in [5.41, 5.74) is -0.609. The molecule has 0 saturated carbocycles. The number of hydrogen-bond donors (Lipinski definition) is 2. The first-order chi connectivity index (χ1) is 10.5. The van der Waals surface area contributed by atoms with Crippen molar-refractivity contribution in [1.82, 2.24) is 5.32 Å². The highest BCUT2D eigenvalue weighted by Crippen LogP contribution is 2.33. The highest BCUT2D eigenvalue weighted by Gasteiger charge is 2.32. The third-order valence-corrected chi connectivity index (χ3v) is 2.89. The lowest BCUT2D eigenvalue weighted by atomic mass is 10.1. The highest BCUT2D eigenvalue weighted by molar-refractivity contribution is 5.67. The van der Waals surface area contributed by atoms with Gasteiger partial charge in [-0.2, -0.15) is 13.2 Å². The van der Waals surface area contributed by atoms with E-state index in [2.05, 4.69) is 10.6 Å². The monoisotopic (exact) mass is 332 g/mol. The Kier molecular flexibility index (Phi) is 6.29. The quantitative estimate of drug-likeness (QED) is 0.789. The van der Waals surface area contributed by atoms with Gasteiger partial charge in [0.15, 0.2) is 0 Å². The lowest BCUT2D eigenvalue weighted by Gasteiger charge is -2.19. The molecule has 0 aliphatic carbocycles. The molecule has 0 bridgehead atoms. The van der Waals surface area contributed by atoms with Gasteiger partial charge in [-0.25, -0.2) is 4.79 Å². The highest BCUT2D eigenvalue weighted by atomic mass is 19.4. The van der Waals surface area contributed by atoms with E-state index in [-0.39, 0.29) is 5.56 Å². The molecule has 2 N–H and O–H groups in total. The zero-order chi connectivity index (χ0) is 17.7. The van der Waals surface area contributed by atoms with Crippen molar-refractivity contribution < 1.29 is 22.7 Å². The van der Waals surface area contributed by atoms with Gasteiger partial charge >= 0.3 is 12.3 Å². The Bertz CT molecular complexity index is 537. The molecule has 1 rings (SSSR count). The Labute approximate surface area is 134 Å². The summed E-state index contributed by atoms with van der Waals surface area (Å²) in [6, 6.07) is 4.13. The van der Waals surface area contributed by atoms with Crippen molar-refractivity contribution in [1.29, 1.82) is 0 Å². The van der Waals surface area contributed by atoms with Crippen LogP contribution >= 0.6 is 0 Å². The predicted octanol–water partition coefficient (Wildman–Crippen LogP) is 4.34. The Balaban J connectivity index is 2.38. The van der Waals surface area contributed by atoms with E-state index in [1.165, 1.54) is 13.0 Å². The molecule has 0 aliphatic heterocycles. The minimum Gasteiger partial charge on any atom is -0.444 e. The van der Waals surface area contributed by atoms with Crippen molar-refractivity contribution in [2.24, 2.45) is 0 Å². The van der Waals surface area contributed by atoms with Crippen LogP contribution in [-0.2, 0) is 10.9 Å². The summed E-state index contributed by atoms with van der Waals surface area (Å²) in [6.45, 7) is 7.55. The third-order valence-electron chi connectivity index (χ3n) is 2.89. The fourth-order valence-electron chi connectivity index (χ4n) is 1.86. The van der Waals surface area contributed by atoms with Crippen LogP contribution in [0.3, 0.4) is 0 Å². The number of benzene rings is 1. The van der Waals surface area contributed by atoms with Gasteiger partial charge in [-0.05, 0) is 51.8 Å². The first kappa shape index (κ1) is 19.1. The Morgan fingerprint density at radius 1 is 1.17 bits per heavy atom. The second-order valence-corrected chi connectivity index (χ2v) is 6.24. The first-order valence-corrected chi connectivity index (χ1v) is 7.37. The molecule has 0 saturated heterocycles. The van der Waals surface area contributed by atoms with Crippen molar-refractivity contribution in [3.63, 3.8) is 0 Å². The predicted molar refractivity (Wildman–Crippen MR) is 83.5 cm³/mol. The SMILES string of the molecule is Cc1ccc(NCCCNC(=O)OC(C)(C)C)cc1C(F)(F)F. The minimum atomic E-state index is -4.36. The first-order valence-electron chi connectivity index (χ1n) is 7.37. The van der Waals surface area contributed by atoms with Crippen LogP contribution in [0.5, 0.6) is 0 Å². The second-order valence-electron chi connectivity index (χ2n) is 6.24. The Morgan fingerprint density at radius 2 is 1.83 bits per heavy atom. The number of rotatable bonds is 5. The summed E-state index contributed by atoms with van der Waals surface area (Å²) in [5, 5.41) is 5.50. The molecule has 0 atom stereocenters. The van der Waals surface area contributed by atoms with Crippen LogP contribution in [0.1, 0.15) is 38.3 Å². The summed E-state index contributed by atoms with van der Waals surface area (Å²) in [6.07, 6.45) is -4.30. The van der Waals surface area contributed by atoms with Crippen LogP contribution in [0, 0.1) is 6.92 Å². The fourth-order valence-corrected chi connectivity index (χ4v) is 1.86. The number of anilines is 1. The number of halogens is 3. The smallest absolute Gasteiger partial charge is 0.416 e. The molecular formula is C16H23F3N2O2. The zero-order valence-corrected chi connectivity index (χ0v) is 13.8. The molecule has 1 amide bonds. The molecular weight excluding hydrogens is 309 g/mol.